The van der Waals surface area contributed by atoms with Crippen molar-refractivity contribution in [2.75, 3.05) is 13.1 Å². The van der Waals surface area contributed by atoms with Gasteiger partial charge in [-0.05, 0) is 55.7 Å². The molecule has 0 aliphatic carbocycles. The number of aliphatic carboxylic acids is 1. The molecule has 0 bridgehead atoms. The first-order valence-corrected chi connectivity index (χ1v) is 24.7. The number of aromatic amines is 2. The number of carboxylic acids is 1. The molecule has 3 unspecified atom stereocenters. The Bertz CT molecular complexity index is 2570. The molecule has 1 fully saturated rings. The Labute approximate surface area is 427 Å². The number of imidazole rings is 1. The van der Waals surface area contributed by atoms with Crippen molar-refractivity contribution in [3.63, 3.8) is 0 Å². The van der Waals surface area contributed by atoms with Gasteiger partial charge in [0.1, 0.15) is 42.3 Å². The number of para-hydroxylation sites is 1. The van der Waals surface area contributed by atoms with Crippen LogP contribution in [0.3, 0.4) is 0 Å². The Hall–Kier alpha value is -8.31. The topological polar surface area (TPSA) is 376 Å². The normalized spacial score (nSPS) is 21.3. The zero-order chi connectivity index (χ0) is 53.6. The van der Waals surface area contributed by atoms with Crippen molar-refractivity contribution in [3.05, 3.63) is 90.1 Å². The fourth-order valence-corrected chi connectivity index (χ4v) is 8.39. The predicted molar refractivity (Wildman–Crippen MR) is 271 cm³/mol. The van der Waals surface area contributed by atoms with E-state index in [4.69, 9.17) is 11.1 Å². The van der Waals surface area contributed by atoms with E-state index in [1.54, 1.807) is 42.6 Å². The quantitative estimate of drug-likeness (QED) is 0.0363. The molecule has 1 aliphatic rings. The molecule has 2 aromatic carbocycles. The molecule has 5 rings (SSSR count). The first-order valence-electron chi connectivity index (χ1n) is 24.7. The van der Waals surface area contributed by atoms with Crippen LogP contribution in [-0.2, 0) is 62.4 Å². The maximum atomic E-state index is 14.7. The molecule has 398 valence electrons. The molecular weight excluding hydrogens is 957 g/mol. The highest BCUT2D eigenvalue weighted by atomic mass is 16.4. The molecule has 3 heterocycles. The van der Waals surface area contributed by atoms with Gasteiger partial charge in [-0.25, -0.2) is 9.78 Å². The number of H-pyrrole nitrogens is 2. The van der Waals surface area contributed by atoms with Crippen LogP contribution in [0, 0.1) is 5.41 Å². The highest BCUT2D eigenvalue weighted by molar-refractivity contribution is 5.98. The van der Waals surface area contributed by atoms with Crippen LogP contribution >= 0.6 is 0 Å². The Morgan fingerprint density at radius 3 is 2.12 bits per heavy atom. The smallest absolute Gasteiger partial charge is 0.326 e. The third-order valence-corrected chi connectivity index (χ3v) is 12.3. The summed E-state index contributed by atoms with van der Waals surface area (Å²) >= 11 is 0. The maximum Gasteiger partial charge on any atom is 0.326 e. The number of benzene rings is 2. The van der Waals surface area contributed by atoms with E-state index in [1.807, 2.05) is 25.1 Å². The summed E-state index contributed by atoms with van der Waals surface area (Å²) in [7, 11) is 0. The van der Waals surface area contributed by atoms with Crippen LogP contribution in [0.25, 0.3) is 10.9 Å². The lowest BCUT2D eigenvalue weighted by molar-refractivity contribution is -0.142. The number of fused-ring (bicyclic) bond motifs is 1. The number of hydrogen-bond donors (Lipinski definition) is 14. The number of aromatic nitrogens is 3. The summed E-state index contributed by atoms with van der Waals surface area (Å²) in [5, 5.41) is 42.7. The van der Waals surface area contributed by atoms with E-state index in [9.17, 15) is 48.3 Å². The molecule has 1 aliphatic heterocycles. The van der Waals surface area contributed by atoms with Crippen molar-refractivity contribution in [3.8, 4) is 0 Å². The minimum atomic E-state index is -1.47. The largest absolute Gasteiger partial charge is 0.480 e. The van der Waals surface area contributed by atoms with Gasteiger partial charge in [-0.1, -0.05) is 68.3 Å². The Balaban J connectivity index is 1.55. The van der Waals surface area contributed by atoms with Crippen molar-refractivity contribution in [1.82, 2.24) is 62.8 Å². The molecule has 8 amide bonds. The summed E-state index contributed by atoms with van der Waals surface area (Å²) < 4.78 is 0. The summed E-state index contributed by atoms with van der Waals surface area (Å²) in [5.74, 6) is -7.71. The predicted octanol–water partition coefficient (Wildman–Crippen LogP) is -0.439. The SMILES string of the molecule is CCCC[C@H](NC(C)=O)C(=O)NC1CCC(=O)NCCCC(C(=O)O)NC(=O)[C@H](Cc2c[nH]c3ccccc23)NC(=O)[C@H](CCCNC(=N)N)NC(=O)C(Cc2ccccc2)NC(=O)[C@H](Cc2c[nH]cn2)NC1=O. The summed E-state index contributed by atoms with van der Waals surface area (Å²) in [6.07, 6.45) is 5.01. The summed E-state index contributed by atoms with van der Waals surface area (Å²) in [4.78, 5) is 134. The number of guanidine groups is 1. The van der Waals surface area contributed by atoms with Crippen LogP contribution < -0.4 is 53.6 Å². The highest BCUT2D eigenvalue weighted by Gasteiger charge is 2.35. The Morgan fingerprint density at radius 2 is 1.45 bits per heavy atom. The molecule has 24 heteroatoms. The van der Waals surface area contributed by atoms with E-state index >= 15 is 0 Å². The zero-order valence-electron chi connectivity index (χ0n) is 41.5. The van der Waals surface area contributed by atoms with E-state index in [0.717, 1.165) is 10.9 Å². The van der Waals surface area contributed by atoms with Gasteiger partial charge in [-0.3, -0.25) is 43.8 Å². The van der Waals surface area contributed by atoms with Crippen molar-refractivity contribution < 1.29 is 48.3 Å². The molecule has 4 aromatic rings. The minimum absolute atomic E-state index is 0.0469. The van der Waals surface area contributed by atoms with Crippen LogP contribution in [0.5, 0.6) is 0 Å². The number of nitrogens with zero attached hydrogens (tertiary/aromatic N) is 1. The molecule has 2 aromatic heterocycles. The number of carboxylic acid groups (broad SMARTS) is 1. The van der Waals surface area contributed by atoms with Gasteiger partial charge in [0.25, 0.3) is 0 Å². The van der Waals surface area contributed by atoms with Gasteiger partial charge >= 0.3 is 5.97 Å². The van der Waals surface area contributed by atoms with Gasteiger partial charge in [0.05, 0.1) is 12.0 Å². The van der Waals surface area contributed by atoms with Gasteiger partial charge in [0.15, 0.2) is 5.96 Å². The second-order valence-corrected chi connectivity index (χ2v) is 18.1. The van der Waals surface area contributed by atoms with Gasteiger partial charge < -0.3 is 68.7 Å². The number of amides is 8. The molecule has 7 atom stereocenters. The number of carbonyl (C=O) groups excluding carboxylic acids is 8. The maximum absolute atomic E-state index is 14.7. The van der Waals surface area contributed by atoms with E-state index < -0.39 is 95.5 Å². The van der Waals surface area contributed by atoms with Gasteiger partial charge in [0.2, 0.25) is 47.3 Å². The minimum Gasteiger partial charge on any atom is -0.480 e. The lowest BCUT2D eigenvalue weighted by Gasteiger charge is -2.28. The first-order chi connectivity index (χ1) is 35.5. The molecule has 15 N–H and O–H groups in total. The number of unbranched alkanes of at least 4 members (excludes halogenated alkanes) is 1. The van der Waals surface area contributed by atoms with Crippen LogP contribution in [0.1, 0.15) is 88.5 Å². The number of hydrogen-bond acceptors (Lipinski definition) is 11. The fourth-order valence-electron chi connectivity index (χ4n) is 8.39. The van der Waals surface area contributed by atoms with Gasteiger partial charge in [-0.2, -0.15) is 0 Å². The van der Waals surface area contributed by atoms with E-state index in [-0.39, 0.29) is 83.3 Å². The number of nitrogens with two attached hydrogens (primary N) is 1. The molecule has 74 heavy (non-hydrogen) atoms. The third kappa shape index (κ3) is 18.1. The average Bonchev–Trinajstić information content (AvgIpc) is 4.04. The van der Waals surface area contributed by atoms with E-state index in [0.29, 0.717) is 29.7 Å². The van der Waals surface area contributed by atoms with Crippen LogP contribution in [0.4, 0.5) is 0 Å². The first kappa shape index (κ1) is 56.6. The molecule has 1 saturated heterocycles. The molecule has 0 spiro atoms. The number of carbonyl (C=O) groups is 9. The van der Waals surface area contributed by atoms with Crippen LogP contribution in [-0.4, -0.2) is 135 Å². The lowest BCUT2D eigenvalue weighted by atomic mass is 10.0. The van der Waals surface area contributed by atoms with Crippen LogP contribution in [0.15, 0.2) is 73.3 Å². The molecule has 0 radical (unpaired) electrons. The van der Waals surface area contributed by atoms with Crippen molar-refractivity contribution >= 4 is 70.1 Å². The summed E-state index contributed by atoms with van der Waals surface area (Å²) in [5.41, 5.74) is 7.82. The zero-order valence-corrected chi connectivity index (χ0v) is 41.5. The standard InChI is InChI=1S/C50H68N14O10/c1-3-4-15-35(58-29(2)65)43(67)60-37-19-20-42(66)54-21-11-18-38(49(73)74)61-47(71)40(24-31-26-56-34-16-9-8-14-33(31)34)63-44(68)36(17-10-22-55-50(51)52)59-46(70)39(23-30-12-6-5-7-13-30)62-48(72)41(64-45(37)69)25-32-27-53-28-57-32/h5-9,12-14,16,26-28,35-41,56H,3-4,10-11,15,17-25H2,1-2H3,(H,53,57)(H,54,66)(H,58,65)(H,59,70)(H,60,67)(H,61,71)(H,62,72)(H,63,68)(H,64,69)(H,73,74)(H4,51,52,55)/t35-,36-,37?,38?,39?,40-,41-/m0/s1. The molecule has 24 nitrogen and oxygen atoms in total. The van der Waals surface area contributed by atoms with Crippen molar-refractivity contribution in [2.45, 2.75) is 133 Å². The Kier molecular flexibility index (Phi) is 21.9. The van der Waals surface area contributed by atoms with E-state index in [1.165, 1.54) is 19.4 Å². The highest BCUT2D eigenvalue weighted by Crippen LogP contribution is 2.20. The number of rotatable bonds is 17. The van der Waals surface area contributed by atoms with Crippen molar-refractivity contribution in [1.29, 1.82) is 5.41 Å². The van der Waals surface area contributed by atoms with Gasteiger partial charge in [0, 0.05) is 69.0 Å². The molecule has 0 saturated carbocycles. The van der Waals surface area contributed by atoms with E-state index in [2.05, 4.69) is 62.8 Å². The summed E-state index contributed by atoms with van der Waals surface area (Å²) in [6.45, 7) is 3.21. The van der Waals surface area contributed by atoms with Crippen LogP contribution in [0.2, 0.25) is 0 Å². The Morgan fingerprint density at radius 1 is 0.797 bits per heavy atom. The second-order valence-electron chi connectivity index (χ2n) is 18.1. The lowest BCUT2D eigenvalue weighted by Crippen LogP contribution is -2.60. The third-order valence-electron chi connectivity index (χ3n) is 12.3. The molecular formula is C50H68N14O10. The van der Waals surface area contributed by atoms with Crippen molar-refractivity contribution in [2.24, 2.45) is 5.73 Å². The second kappa shape index (κ2) is 28.7. The monoisotopic (exact) mass is 1020 g/mol. The van der Waals surface area contributed by atoms with Gasteiger partial charge in [-0.15, -0.1) is 0 Å². The summed E-state index contributed by atoms with van der Waals surface area (Å²) in [6, 6.07) is 6.35. The average molecular weight is 1030 g/mol. The number of nitrogens with one attached hydrogen (secondary N) is 12. The fraction of sp³-hybridized carbons (Fsp3) is 0.460.